The van der Waals surface area contributed by atoms with E-state index in [0.29, 0.717) is 0 Å². The van der Waals surface area contributed by atoms with Gasteiger partial charge in [-0.05, 0) is 31.5 Å². The second-order valence-corrected chi connectivity index (χ2v) is 9.56. The maximum absolute atomic E-state index is 12.9. The van der Waals surface area contributed by atoms with Gasteiger partial charge in [-0.25, -0.2) is 0 Å². The lowest BCUT2D eigenvalue weighted by molar-refractivity contribution is -0.296. The van der Waals surface area contributed by atoms with Gasteiger partial charge in [0.25, 0.3) is 5.91 Å². The summed E-state index contributed by atoms with van der Waals surface area (Å²) in [6, 6.07) is 2.81. The Morgan fingerprint density at radius 1 is 1.10 bits per heavy atom. The molecule has 2 amide bonds. The summed E-state index contributed by atoms with van der Waals surface area (Å²) >= 11 is 0. The van der Waals surface area contributed by atoms with Crippen LogP contribution in [0.5, 0.6) is 11.5 Å². The van der Waals surface area contributed by atoms with Gasteiger partial charge in [0.2, 0.25) is 5.91 Å². The van der Waals surface area contributed by atoms with E-state index < -0.39 is 85.3 Å². The van der Waals surface area contributed by atoms with Gasteiger partial charge < -0.3 is 65.3 Å². The number of ether oxygens (including phenoxy) is 4. The van der Waals surface area contributed by atoms with Crippen molar-refractivity contribution in [2.24, 2.45) is 0 Å². The summed E-state index contributed by atoms with van der Waals surface area (Å²) in [7, 11) is 1.20. The van der Waals surface area contributed by atoms with Crippen molar-refractivity contribution >= 4 is 11.8 Å². The van der Waals surface area contributed by atoms with Gasteiger partial charge in [-0.3, -0.25) is 9.59 Å². The van der Waals surface area contributed by atoms with E-state index in [9.17, 15) is 45.3 Å². The van der Waals surface area contributed by atoms with Crippen LogP contribution in [-0.2, 0) is 28.5 Å². The number of phenols is 2. The highest BCUT2D eigenvalue weighted by Gasteiger charge is 2.48. The lowest BCUT2D eigenvalue weighted by Gasteiger charge is -2.41. The van der Waals surface area contributed by atoms with Crippen molar-refractivity contribution in [3.63, 3.8) is 0 Å². The summed E-state index contributed by atoms with van der Waals surface area (Å²) in [5.41, 5.74) is 0.208. The van der Waals surface area contributed by atoms with E-state index in [4.69, 9.17) is 18.9 Å². The number of carbonyl (C=O) groups is 2. The monoisotopic (exact) mass is 576 g/mol. The SMILES string of the molecule is COC1C(C(=O)NCC(O)c2ccc(O)c(O)c2)OC(OC[C@H](NC(C)=O)C(C)OC(CO)[C@H](C)O)C(O)C1O. The summed E-state index contributed by atoms with van der Waals surface area (Å²) in [5, 5.41) is 74.8. The van der Waals surface area contributed by atoms with Crippen LogP contribution in [0.1, 0.15) is 32.4 Å². The second-order valence-electron chi connectivity index (χ2n) is 9.56. The lowest BCUT2D eigenvalue weighted by Crippen LogP contribution is -2.63. The van der Waals surface area contributed by atoms with Crippen LogP contribution in [0.3, 0.4) is 0 Å². The third-order valence-corrected chi connectivity index (χ3v) is 6.43. The summed E-state index contributed by atoms with van der Waals surface area (Å²) in [6.45, 7) is 3.12. The molecule has 1 aliphatic heterocycles. The molecule has 15 nitrogen and oxygen atoms in total. The van der Waals surface area contributed by atoms with Gasteiger partial charge >= 0.3 is 0 Å². The Morgan fingerprint density at radius 3 is 2.33 bits per heavy atom. The molecule has 1 aliphatic rings. The number of hydrogen-bond acceptors (Lipinski definition) is 13. The predicted molar refractivity (Wildman–Crippen MR) is 136 cm³/mol. The Hall–Kier alpha value is -2.60. The number of rotatable bonds is 14. The number of hydrogen-bond donors (Lipinski definition) is 9. The average molecular weight is 577 g/mol. The first-order valence-electron chi connectivity index (χ1n) is 12.7. The maximum atomic E-state index is 12.9. The van der Waals surface area contributed by atoms with Crippen LogP contribution in [0.2, 0.25) is 0 Å². The smallest absolute Gasteiger partial charge is 0.252 e. The molecule has 0 saturated carbocycles. The lowest BCUT2D eigenvalue weighted by atomic mass is 9.97. The van der Waals surface area contributed by atoms with Gasteiger partial charge in [-0.15, -0.1) is 0 Å². The first-order chi connectivity index (χ1) is 18.8. The van der Waals surface area contributed by atoms with Gasteiger partial charge in [-0.1, -0.05) is 6.07 Å². The zero-order valence-corrected chi connectivity index (χ0v) is 22.7. The average Bonchev–Trinajstić information content (AvgIpc) is 2.90. The van der Waals surface area contributed by atoms with Crippen LogP contribution in [0, 0.1) is 0 Å². The van der Waals surface area contributed by atoms with E-state index >= 15 is 0 Å². The molecule has 228 valence electrons. The molecule has 40 heavy (non-hydrogen) atoms. The molecular formula is C25H40N2O13. The number of phenolic OH excluding ortho intramolecular Hbond substituents is 2. The van der Waals surface area contributed by atoms with E-state index in [1.807, 2.05) is 0 Å². The molecule has 1 saturated heterocycles. The van der Waals surface area contributed by atoms with Crippen LogP contribution in [0.25, 0.3) is 0 Å². The summed E-state index contributed by atoms with van der Waals surface area (Å²) in [4.78, 5) is 24.7. The van der Waals surface area contributed by atoms with Gasteiger partial charge in [-0.2, -0.15) is 0 Å². The summed E-state index contributed by atoms with van der Waals surface area (Å²) in [6.07, 6.45) is -11.6. The van der Waals surface area contributed by atoms with Crippen molar-refractivity contribution < 1.29 is 64.3 Å². The molecule has 0 radical (unpaired) electrons. The molecule has 1 aromatic rings. The van der Waals surface area contributed by atoms with Crippen molar-refractivity contribution in [3.8, 4) is 11.5 Å². The molecule has 1 aromatic carbocycles. The number of nitrogens with one attached hydrogen (secondary N) is 2. The molecular weight excluding hydrogens is 536 g/mol. The van der Waals surface area contributed by atoms with E-state index in [1.54, 1.807) is 6.92 Å². The van der Waals surface area contributed by atoms with Crippen molar-refractivity contribution in [2.75, 3.05) is 26.9 Å². The normalized spacial score (nSPS) is 26.8. The van der Waals surface area contributed by atoms with Crippen LogP contribution in [0.4, 0.5) is 0 Å². The Balaban J connectivity index is 2.09. The molecule has 0 bridgehead atoms. The molecule has 0 aromatic heterocycles. The predicted octanol–water partition coefficient (Wildman–Crippen LogP) is -2.62. The number of carbonyl (C=O) groups excluding carboxylic acids is 2. The fourth-order valence-corrected chi connectivity index (χ4v) is 4.05. The third kappa shape index (κ3) is 8.95. The maximum Gasteiger partial charge on any atom is 0.252 e. The first-order valence-corrected chi connectivity index (χ1v) is 12.7. The molecule has 10 atom stereocenters. The first kappa shape index (κ1) is 33.6. The quantitative estimate of drug-likeness (QED) is 0.103. The van der Waals surface area contributed by atoms with Crippen LogP contribution in [-0.4, -0.2) is 129 Å². The largest absolute Gasteiger partial charge is 0.504 e. The molecule has 9 N–H and O–H groups in total. The minimum Gasteiger partial charge on any atom is -0.504 e. The zero-order chi connectivity index (χ0) is 30.1. The van der Waals surface area contributed by atoms with Gasteiger partial charge in [0.05, 0.1) is 37.6 Å². The highest BCUT2D eigenvalue weighted by atomic mass is 16.7. The molecule has 0 spiro atoms. The number of aliphatic hydroxyl groups excluding tert-OH is 5. The van der Waals surface area contributed by atoms with E-state index in [1.165, 1.54) is 33.1 Å². The number of methoxy groups -OCH3 is 1. The fraction of sp³-hybridized carbons (Fsp3) is 0.680. The van der Waals surface area contributed by atoms with Crippen molar-refractivity contribution in [1.82, 2.24) is 10.6 Å². The molecule has 8 unspecified atom stereocenters. The third-order valence-electron chi connectivity index (χ3n) is 6.43. The van der Waals surface area contributed by atoms with Gasteiger partial charge in [0.1, 0.15) is 24.4 Å². The number of aromatic hydroxyl groups is 2. The van der Waals surface area contributed by atoms with E-state index in [0.717, 1.165) is 6.07 Å². The van der Waals surface area contributed by atoms with E-state index in [-0.39, 0.29) is 24.5 Å². The van der Waals surface area contributed by atoms with Crippen molar-refractivity contribution in [1.29, 1.82) is 0 Å². The van der Waals surface area contributed by atoms with Gasteiger partial charge in [0.15, 0.2) is 23.9 Å². The molecule has 1 fully saturated rings. The van der Waals surface area contributed by atoms with Crippen LogP contribution in [0.15, 0.2) is 18.2 Å². The zero-order valence-electron chi connectivity index (χ0n) is 22.7. The highest BCUT2D eigenvalue weighted by Crippen LogP contribution is 2.28. The van der Waals surface area contributed by atoms with Crippen molar-refractivity contribution in [3.05, 3.63) is 23.8 Å². The van der Waals surface area contributed by atoms with E-state index in [2.05, 4.69) is 10.6 Å². The Labute approximate surface area is 231 Å². The topological polar surface area (TPSA) is 237 Å². The summed E-state index contributed by atoms with van der Waals surface area (Å²) < 4.78 is 22.1. The Kier molecular flexibility index (Phi) is 12.9. The standard InChI is InChI=1S/C25H40N2O13/c1-11(29)19(9-28)39-12(2)15(27-13(3)30)10-38-25-21(35)20(34)22(37-4)23(40-25)24(36)26-8-18(33)14-5-6-16(31)17(32)7-14/h5-7,11-12,15,18-23,25,28-29,31-35H,8-10H2,1-4H3,(H,26,36)(H,27,30)/t11-,12?,15-,18?,19?,20?,21?,22?,23?,25?/m0/s1. The molecule has 2 rings (SSSR count). The second kappa shape index (κ2) is 15.4. The number of benzene rings is 1. The highest BCUT2D eigenvalue weighted by molar-refractivity contribution is 5.81. The van der Waals surface area contributed by atoms with Crippen LogP contribution >= 0.6 is 0 Å². The Morgan fingerprint density at radius 2 is 1.77 bits per heavy atom. The molecule has 1 heterocycles. The molecule has 0 aliphatic carbocycles. The van der Waals surface area contributed by atoms with Crippen LogP contribution < -0.4 is 10.6 Å². The fourth-order valence-electron chi connectivity index (χ4n) is 4.05. The minimum absolute atomic E-state index is 0.208. The number of aliphatic hydroxyl groups is 5. The minimum atomic E-state index is -1.66. The Bertz CT molecular complexity index is 965. The summed E-state index contributed by atoms with van der Waals surface area (Å²) in [5.74, 6) is -2.09. The van der Waals surface area contributed by atoms with Crippen molar-refractivity contribution in [2.45, 2.75) is 81.9 Å². The number of amides is 2. The molecule has 15 heteroatoms. The van der Waals surface area contributed by atoms with Gasteiger partial charge in [0, 0.05) is 20.6 Å².